The highest BCUT2D eigenvalue weighted by Gasteiger charge is 1.90. The van der Waals surface area contributed by atoms with Crippen molar-refractivity contribution in [3.8, 4) is 0 Å². The largest absolute Gasteiger partial charge is 0.309 e. The van der Waals surface area contributed by atoms with Crippen molar-refractivity contribution in [3.63, 3.8) is 0 Å². The quantitative estimate of drug-likeness (QED) is 0.552. The molecule has 104 valence electrons. The van der Waals surface area contributed by atoms with E-state index in [1.165, 1.54) is 24.0 Å². The van der Waals surface area contributed by atoms with Crippen LogP contribution in [0.3, 0.4) is 0 Å². The summed E-state index contributed by atoms with van der Waals surface area (Å²) in [7, 11) is 0. The second-order valence-electron chi connectivity index (χ2n) is 4.97. The van der Waals surface area contributed by atoms with Crippen molar-refractivity contribution in [2.24, 2.45) is 0 Å². The van der Waals surface area contributed by atoms with Crippen LogP contribution in [0.4, 0.5) is 0 Å². The average molecular weight is 265 g/mol. The zero-order valence-corrected chi connectivity index (χ0v) is 12.0. The second kappa shape index (κ2) is 9.11. The molecule has 1 heteroatoms. The normalized spacial score (nSPS) is 11.0. The van der Waals surface area contributed by atoms with Crippen LogP contribution in [0.5, 0.6) is 0 Å². The number of rotatable bonds is 8. The number of allylic oxidation sites excluding steroid dienone is 1. The number of nitrogens with one attached hydrogen (secondary N) is 1. The molecule has 1 nitrogen and oxygen atoms in total. The lowest BCUT2D eigenvalue weighted by Gasteiger charge is -2.01. The van der Waals surface area contributed by atoms with Gasteiger partial charge in [0.2, 0.25) is 0 Å². The molecule has 0 heterocycles. The number of aryl methyl sites for hydroxylation is 1. The Morgan fingerprint density at radius 3 is 2.10 bits per heavy atom. The van der Waals surface area contributed by atoms with Crippen LogP contribution in [-0.4, -0.2) is 6.54 Å². The average Bonchev–Trinajstić information content (AvgIpc) is 2.52. The van der Waals surface area contributed by atoms with Crippen LogP contribution in [0.1, 0.15) is 24.0 Å². The monoisotopic (exact) mass is 265 g/mol. The van der Waals surface area contributed by atoms with Crippen molar-refractivity contribution in [2.45, 2.75) is 25.8 Å². The Kier molecular flexibility index (Phi) is 6.63. The molecule has 20 heavy (non-hydrogen) atoms. The topological polar surface area (TPSA) is 12.0 Å². The molecule has 0 saturated heterocycles. The fraction of sp³-hybridized carbons (Fsp3) is 0.263. The van der Waals surface area contributed by atoms with Crippen molar-refractivity contribution in [3.05, 3.63) is 83.9 Å². The van der Waals surface area contributed by atoms with E-state index >= 15 is 0 Å². The lowest BCUT2D eigenvalue weighted by molar-refractivity contribution is 0.755. The lowest BCUT2D eigenvalue weighted by atomic mass is 10.1. The van der Waals surface area contributed by atoms with Gasteiger partial charge in [0.15, 0.2) is 0 Å². The summed E-state index contributed by atoms with van der Waals surface area (Å²) in [5.41, 5.74) is 2.77. The maximum absolute atomic E-state index is 3.42. The fourth-order valence-corrected chi connectivity index (χ4v) is 2.17. The van der Waals surface area contributed by atoms with Gasteiger partial charge in [-0.05, 0) is 30.4 Å². The Hall–Kier alpha value is -1.86. The minimum absolute atomic E-state index is 0.940. The first-order valence-electron chi connectivity index (χ1n) is 7.39. The molecule has 0 spiro atoms. The molecule has 2 rings (SSSR count). The predicted octanol–water partition coefficient (Wildman–Crippen LogP) is 4.36. The van der Waals surface area contributed by atoms with Gasteiger partial charge in [0.1, 0.15) is 0 Å². The fourth-order valence-electron chi connectivity index (χ4n) is 2.17. The van der Waals surface area contributed by atoms with Crippen LogP contribution < -0.4 is 5.32 Å². The smallest absolute Gasteiger partial charge is 0.0208 e. The molecule has 1 N–H and O–H groups in total. The maximum atomic E-state index is 3.42. The van der Waals surface area contributed by atoms with E-state index in [0.717, 1.165) is 19.5 Å². The Labute approximate surface area is 122 Å². The highest BCUT2D eigenvalue weighted by molar-refractivity contribution is 5.15. The second-order valence-corrected chi connectivity index (χ2v) is 4.97. The van der Waals surface area contributed by atoms with Gasteiger partial charge >= 0.3 is 0 Å². The van der Waals surface area contributed by atoms with Gasteiger partial charge in [-0.2, -0.15) is 0 Å². The first-order valence-corrected chi connectivity index (χ1v) is 7.39. The summed E-state index contributed by atoms with van der Waals surface area (Å²) in [4.78, 5) is 0. The molecular weight excluding hydrogens is 242 g/mol. The molecule has 0 radical (unpaired) electrons. The molecule has 0 amide bonds. The van der Waals surface area contributed by atoms with Gasteiger partial charge in [-0.3, -0.25) is 0 Å². The minimum atomic E-state index is 0.940. The number of hydrogen-bond acceptors (Lipinski definition) is 1. The van der Waals surface area contributed by atoms with Crippen molar-refractivity contribution in [1.82, 2.24) is 5.32 Å². The van der Waals surface area contributed by atoms with E-state index < -0.39 is 0 Å². The van der Waals surface area contributed by atoms with E-state index in [2.05, 4.69) is 78.1 Å². The zero-order chi connectivity index (χ0) is 13.9. The van der Waals surface area contributed by atoms with E-state index in [1.54, 1.807) is 0 Å². The van der Waals surface area contributed by atoms with Crippen molar-refractivity contribution in [1.29, 1.82) is 0 Å². The third-order valence-electron chi connectivity index (χ3n) is 3.28. The third kappa shape index (κ3) is 5.85. The summed E-state index contributed by atoms with van der Waals surface area (Å²) in [6, 6.07) is 21.2. The zero-order valence-electron chi connectivity index (χ0n) is 12.0. The van der Waals surface area contributed by atoms with Crippen LogP contribution in [0.25, 0.3) is 0 Å². The molecular formula is C19H23N. The van der Waals surface area contributed by atoms with Crippen LogP contribution in [0, 0.1) is 0 Å². The van der Waals surface area contributed by atoms with Crippen molar-refractivity contribution < 1.29 is 0 Å². The van der Waals surface area contributed by atoms with Crippen molar-refractivity contribution in [2.75, 3.05) is 6.54 Å². The highest BCUT2D eigenvalue weighted by atomic mass is 14.8. The molecule has 0 unspecified atom stereocenters. The molecule has 0 atom stereocenters. The lowest BCUT2D eigenvalue weighted by Crippen LogP contribution is -2.12. The number of unbranched alkanes of at least 4 members (excludes halogenated alkanes) is 1. The van der Waals surface area contributed by atoms with Crippen molar-refractivity contribution >= 4 is 0 Å². The summed E-state index contributed by atoms with van der Waals surface area (Å²) < 4.78 is 0. The summed E-state index contributed by atoms with van der Waals surface area (Å²) in [5, 5.41) is 3.42. The standard InChI is InChI=1S/C19H23N/c1(5-11-18-12-6-3-7-13-18)2-10-16-20-17-19-14-8-4-9-15-19/h2-4,6-10,12-15,20H,1,5,11,16-17H2. The van der Waals surface area contributed by atoms with E-state index in [1.807, 2.05) is 0 Å². The first kappa shape index (κ1) is 14.5. The highest BCUT2D eigenvalue weighted by Crippen LogP contribution is 2.04. The van der Waals surface area contributed by atoms with E-state index in [0.29, 0.717) is 0 Å². The maximum Gasteiger partial charge on any atom is 0.0208 e. The van der Waals surface area contributed by atoms with Gasteiger partial charge < -0.3 is 5.32 Å². The molecule has 0 aliphatic carbocycles. The number of hydrogen-bond donors (Lipinski definition) is 1. The molecule has 2 aromatic rings. The van der Waals surface area contributed by atoms with Crippen LogP contribution in [0.15, 0.2) is 72.8 Å². The molecule has 0 aromatic heterocycles. The van der Waals surface area contributed by atoms with Gasteiger partial charge in [-0.1, -0.05) is 72.8 Å². The van der Waals surface area contributed by atoms with E-state index in [9.17, 15) is 0 Å². The summed E-state index contributed by atoms with van der Waals surface area (Å²) in [6.07, 6.45) is 8.05. The Morgan fingerprint density at radius 2 is 1.40 bits per heavy atom. The molecule has 2 aromatic carbocycles. The Bertz CT molecular complexity index is 440. The SMILES string of the molecule is C(=CCNCc1ccccc1)CCCc1ccccc1. The Morgan fingerprint density at radius 1 is 0.750 bits per heavy atom. The van der Waals surface area contributed by atoms with Crippen LogP contribution >= 0.6 is 0 Å². The van der Waals surface area contributed by atoms with Gasteiger partial charge in [0.05, 0.1) is 0 Å². The van der Waals surface area contributed by atoms with Gasteiger partial charge in [0.25, 0.3) is 0 Å². The van der Waals surface area contributed by atoms with Crippen LogP contribution in [-0.2, 0) is 13.0 Å². The van der Waals surface area contributed by atoms with E-state index in [4.69, 9.17) is 0 Å². The van der Waals surface area contributed by atoms with Crippen LogP contribution in [0.2, 0.25) is 0 Å². The van der Waals surface area contributed by atoms with Gasteiger partial charge in [-0.15, -0.1) is 0 Å². The molecule has 0 aliphatic heterocycles. The predicted molar refractivity (Wildman–Crippen MR) is 86.7 cm³/mol. The molecule has 0 saturated carbocycles. The van der Waals surface area contributed by atoms with Gasteiger partial charge in [0, 0.05) is 13.1 Å². The molecule has 0 fully saturated rings. The third-order valence-corrected chi connectivity index (χ3v) is 3.28. The Balaban J connectivity index is 1.52. The molecule has 0 aliphatic rings. The summed E-state index contributed by atoms with van der Waals surface area (Å²) in [5.74, 6) is 0. The van der Waals surface area contributed by atoms with Gasteiger partial charge in [-0.25, -0.2) is 0 Å². The minimum Gasteiger partial charge on any atom is -0.309 e. The molecule has 0 bridgehead atoms. The number of benzene rings is 2. The summed E-state index contributed by atoms with van der Waals surface area (Å²) >= 11 is 0. The first-order chi connectivity index (χ1) is 9.95. The van der Waals surface area contributed by atoms with E-state index in [-0.39, 0.29) is 0 Å². The summed E-state index contributed by atoms with van der Waals surface area (Å²) in [6.45, 7) is 1.88.